The summed E-state index contributed by atoms with van der Waals surface area (Å²) >= 11 is 1.38. The highest BCUT2D eigenvalue weighted by molar-refractivity contribution is 8.04. The summed E-state index contributed by atoms with van der Waals surface area (Å²) in [5.74, 6) is 0.364. The second-order valence-electron chi connectivity index (χ2n) is 8.33. The number of fused-ring (bicyclic) bond motifs is 1. The highest BCUT2D eigenvalue weighted by Crippen LogP contribution is 2.42. The number of carbonyl (C=O) groups is 3. The first-order valence-electron chi connectivity index (χ1n) is 11.6. The molecule has 4 rings (SSSR count). The number of anilines is 1. The highest BCUT2D eigenvalue weighted by Gasteiger charge is 2.29. The van der Waals surface area contributed by atoms with Crippen molar-refractivity contribution in [3.8, 4) is 5.75 Å². The van der Waals surface area contributed by atoms with Crippen LogP contribution in [0.15, 0.2) is 52.3 Å². The summed E-state index contributed by atoms with van der Waals surface area (Å²) in [5.41, 5.74) is 2.02. The van der Waals surface area contributed by atoms with E-state index < -0.39 is 0 Å². The van der Waals surface area contributed by atoms with Crippen LogP contribution in [0.4, 0.5) is 10.5 Å². The number of rotatable bonds is 5. The van der Waals surface area contributed by atoms with Gasteiger partial charge in [-0.25, -0.2) is 4.79 Å². The zero-order valence-electron chi connectivity index (χ0n) is 20.1. The van der Waals surface area contributed by atoms with Gasteiger partial charge in [-0.05, 0) is 50.1 Å². The molecule has 0 unspecified atom stereocenters. The number of benzene rings is 2. The molecule has 35 heavy (non-hydrogen) atoms. The maximum Gasteiger partial charge on any atom is 0.409 e. The van der Waals surface area contributed by atoms with Crippen molar-refractivity contribution >= 4 is 41.4 Å². The molecule has 2 aromatic carbocycles. The van der Waals surface area contributed by atoms with E-state index in [0.29, 0.717) is 54.4 Å². The molecule has 184 valence electrons. The van der Waals surface area contributed by atoms with Gasteiger partial charge in [0, 0.05) is 42.2 Å². The number of methoxy groups -OCH3 is 1. The third kappa shape index (κ3) is 5.45. The monoisotopic (exact) mass is 495 g/mol. The molecule has 1 saturated heterocycles. The second-order valence-corrected chi connectivity index (χ2v) is 9.42. The third-order valence-electron chi connectivity index (χ3n) is 6.10. The van der Waals surface area contributed by atoms with Crippen LogP contribution in [0.5, 0.6) is 5.75 Å². The third-order valence-corrected chi connectivity index (χ3v) is 7.18. The Hall–Kier alpha value is -3.46. The molecule has 0 radical (unpaired) electrons. The SMILES string of the molecule is CCOC(=O)N1CCC(NC(=O)c2ccc3c(c2)N(C)C(=O)/C(=C\c2ccccc2OC)S3)CC1. The Morgan fingerprint density at radius 3 is 2.63 bits per heavy atom. The summed E-state index contributed by atoms with van der Waals surface area (Å²) in [5, 5.41) is 3.06. The summed E-state index contributed by atoms with van der Waals surface area (Å²) in [4.78, 5) is 42.6. The number of para-hydroxylation sites is 1. The maximum absolute atomic E-state index is 13.1. The van der Waals surface area contributed by atoms with Crippen molar-refractivity contribution in [1.29, 1.82) is 0 Å². The van der Waals surface area contributed by atoms with Crippen LogP contribution in [-0.4, -0.2) is 62.7 Å². The number of likely N-dealkylation sites (tertiary alicyclic amines) is 1. The van der Waals surface area contributed by atoms with Crippen LogP contribution in [0.1, 0.15) is 35.7 Å². The molecule has 0 aliphatic carbocycles. The lowest BCUT2D eigenvalue weighted by Crippen LogP contribution is -2.46. The summed E-state index contributed by atoms with van der Waals surface area (Å²) in [7, 11) is 3.31. The van der Waals surface area contributed by atoms with Crippen molar-refractivity contribution in [2.24, 2.45) is 0 Å². The summed E-state index contributed by atoms with van der Waals surface area (Å²) in [6, 6.07) is 12.9. The molecule has 2 heterocycles. The first-order chi connectivity index (χ1) is 16.9. The predicted octanol–water partition coefficient (Wildman–Crippen LogP) is 4.16. The topological polar surface area (TPSA) is 88.2 Å². The molecule has 0 atom stereocenters. The average Bonchev–Trinajstić information content (AvgIpc) is 2.87. The van der Waals surface area contributed by atoms with E-state index in [2.05, 4.69) is 5.32 Å². The molecular weight excluding hydrogens is 466 g/mol. The highest BCUT2D eigenvalue weighted by atomic mass is 32.2. The molecule has 0 saturated carbocycles. The number of nitrogens with one attached hydrogen (secondary N) is 1. The molecule has 9 heteroatoms. The van der Waals surface area contributed by atoms with Crippen molar-refractivity contribution in [3.05, 3.63) is 58.5 Å². The molecular formula is C26H29N3O5S. The van der Waals surface area contributed by atoms with Gasteiger partial charge in [0.2, 0.25) is 0 Å². The van der Waals surface area contributed by atoms with Gasteiger partial charge in [0.15, 0.2) is 0 Å². The van der Waals surface area contributed by atoms with Crippen molar-refractivity contribution in [2.45, 2.75) is 30.7 Å². The fourth-order valence-corrected chi connectivity index (χ4v) is 5.24. The number of hydrogen-bond donors (Lipinski definition) is 1. The molecule has 3 amide bonds. The van der Waals surface area contributed by atoms with E-state index in [-0.39, 0.29) is 23.9 Å². The number of carbonyl (C=O) groups excluding carboxylic acids is 3. The van der Waals surface area contributed by atoms with Crippen LogP contribution in [-0.2, 0) is 9.53 Å². The Balaban J connectivity index is 1.45. The zero-order valence-corrected chi connectivity index (χ0v) is 20.9. The van der Waals surface area contributed by atoms with Crippen LogP contribution in [0.3, 0.4) is 0 Å². The Morgan fingerprint density at radius 2 is 1.91 bits per heavy atom. The number of thioether (sulfide) groups is 1. The molecule has 2 aliphatic rings. The van der Waals surface area contributed by atoms with Crippen LogP contribution in [0.2, 0.25) is 0 Å². The maximum atomic E-state index is 13.1. The van der Waals surface area contributed by atoms with Gasteiger partial charge in [-0.2, -0.15) is 0 Å². The van der Waals surface area contributed by atoms with E-state index in [0.717, 1.165) is 10.5 Å². The fourth-order valence-electron chi connectivity index (χ4n) is 4.15. The Morgan fingerprint density at radius 1 is 1.17 bits per heavy atom. The van der Waals surface area contributed by atoms with E-state index in [1.807, 2.05) is 36.4 Å². The lowest BCUT2D eigenvalue weighted by atomic mass is 10.0. The van der Waals surface area contributed by atoms with Crippen molar-refractivity contribution in [2.75, 3.05) is 38.8 Å². The van der Waals surface area contributed by atoms with Gasteiger partial charge in [-0.3, -0.25) is 9.59 Å². The summed E-state index contributed by atoms with van der Waals surface area (Å²) in [6.07, 6.45) is 2.85. The number of ether oxygens (including phenoxy) is 2. The second kappa shape index (κ2) is 10.9. The fraction of sp³-hybridized carbons (Fsp3) is 0.346. The molecule has 1 N–H and O–H groups in total. The molecule has 0 aromatic heterocycles. The van der Waals surface area contributed by atoms with Gasteiger partial charge < -0.3 is 24.6 Å². The normalized spacial score (nSPS) is 17.2. The summed E-state index contributed by atoms with van der Waals surface area (Å²) in [6.45, 7) is 3.22. The van der Waals surface area contributed by atoms with Crippen LogP contribution >= 0.6 is 11.8 Å². The molecule has 0 bridgehead atoms. The zero-order chi connectivity index (χ0) is 24.9. The van der Waals surface area contributed by atoms with Gasteiger partial charge in [0.1, 0.15) is 5.75 Å². The standard InChI is InChI=1S/C26H29N3O5S/c1-4-34-26(32)29-13-11-19(12-14-29)27-24(30)18-9-10-22-20(15-18)28(2)25(31)23(35-22)16-17-7-5-6-8-21(17)33-3/h5-10,15-16,19H,4,11-14H2,1-3H3,(H,27,30)/b23-16+. The first-order valence-corrected chi connectivity index (χ1v) is 12.4. The van der Waals surface area contributed by atoms with E-state index >= 15 is 0 Å². The van der Waals surface area contributed by atoms with Crippen molar-refractivity contribution in [3.63, 3.8) is 0 Å². The number of piperidine rings is 1. The van der Waals surface area contributed by atoms with E-state index in [1.54, 1.807) is 43.0 Å². The van der Waals surface area contributed by atoms with Crippen LogP contribution < -0.4 is 15.0 Å². The lowest BCUT2D eigenvalue weighted by molar-refractivity contribution is -0.114. The number of nitrogens with zero attached hydrogens (tertiary/aromatic N) is 2. The van der Waals surface area contributed by atoms with Gasteiger partial charge in [0.25, 0.3) is 11.8 Å². The van der Waals surface area contributed by atoms with Crippen molar-refractivity contribution in [1.82, 2.24) is 10.2 Å². The van der Waals surface area contributed by atoms with E-state index in [9.17, 15) is 14.4 Å². The predicted molar refractivity (Wildman–Crippen MR) is 136 cm³/mol. The minimum absolute atomic E-state index is 0.0201. The minimum Gasteiger partial charge on any atom is -0.496 e. The molecule has 1 fully saturated rings. The lowest BCUT2D eigenvalue weighted by Gasteiger charge is -2.32. The first kappa shape index (κ1) is 24.7. The Bertz CT molecular complexity index is 1160. The largest absolute Gasteiger partial charge is 0.496 e. The van der Waals surface area contributed by atoms with E-state index in [4.69, 9.17) is 9.47 Å². The van der Waals surface area contributed by atoms with Gasteiger partial charge in [-0.15, -0.1) is 0 Å². The summed E-state index contributed by atoms with van der Waals surface area (Å²) < 4.78 is 10.4. The Kier molecular flexibility index (Phi) is 7.65. The quantitative estimate of drug-likeness (QED) is 0.627. The van der Waals surface area contributed by atoms with Crippen LogP contribution in [0, 0.1) is 0 Å². The van der Waals surface area contributed by atoms with Gasteiger partial charge >= 0.3 is 6.09 Å². The number of likely N-dealkylation sites (N-methyl/N-ethyl adjacent to an activating group) is 1. The number of hydrogen-bond acceptors (Lipinski definition) is 6. The van der Waals surface area contributed by atoms with Crippen molar-refractivity contribution < 1.29 is 23.9 Å². The molecule has 0 spiro atoms. The molecule has 2 aliphatic heterocycles. The van der Waals surface area contributed by atoms with Gasteiger partial charge in [-0.1, -0.05) is 30.0 Å². The van der Waals surface area contributed by atoms with E-state index in [1.165, 1.54) is 11.8 Å². The van der Waals surface area contributed by atoms with Crippen LogP contribution in [0.25, 0.3) is 6.08 Å². The number of amides is 3. The van der Waals surface area contributed by atoms with Gasteiger partial charge in [0.05, 0.1) is 24.3 Å². The Labute approximate surface area is 209 Å². The molecule has 8 nitrogen and oxygen atoms in total. The minimum atomic E-state index is -0.309. The molecule has 2 aromatic rings. The average molecular weight is 496 g/mol. The smallest absolute Gasteiger partial charge is 0.409 e.